The van der Waals surface area contributed by atoms with Gasteiger partial charge in [-0.3, -0.25) is 4.98 Å². The first-order valence-electron chi connectivity index (χ1n) is 11.1. The molecule has 0 spiro atoms. The molecule has 0 radical (unpaired) electrons. The maximum Gasteiger partial charge on any atom is 0.114 e. The zero-order valence-electron chi connectivity index (χ0n) is 19.3. The van der Waals surface area contributed by atoms with Crippen LogP contribution in [0.5, 0.6) is 0 Å². The average molecular weight is 422 g/mol. The zero-order valence-corrected chi connectivity index (χ0v) is 19.3. The normalized spacial score (nSPS) is 10.6. The number of rotatable bonds is 6. The van der Waals surface area contributed by atoms with Gasteiger partial charge in [0.25, 0.3) is 0 Å². The molecule has 3 nitrogen and oxygen atoms in total. The second-order valence-electron chi connectivity index (χ2n) is 7.47. The van der Waals surface area contributed by atoms with Crippen molar-refractivity contribution in [3.63, 3.8) is 0 Å². The molecule has 1 aromatic heterocycles. The number of nitrogens with zero attached hydrogens (tertiary/aromatic N) is 1. The van der Waals surface area contributed by atoms with E-state index in [9.17, 15) is 0 Å². The van der Waals surface area contributed by atoms with Gasteiger partial charge in [-0.1, -0.05) is 105 Å². The van der Waals surface area contributed by atoms with Crippen LogP contribution in [-0.4, -0.2) is 10.7 Å². The molecular weight excluding hydrogens is 390 g/mol. The van der Waals surface area contributed by atoms with Gasteiger partial charge >= 0.3 is 0 Å². The van der Waals surface area contributed by atoms with Crippen molar-refractivity contribution in [3.05, 3.63) is 131 Å². The van der Waals surface area contributed by atoms with Gasteiger partial charge in [0, 0.05) is 28.9 Å². The van der Waals surface area contributed by atoms with Gasteiger partial charge in [-0.2, -0.15) is 0 Å². The van der Waals surface area contributed by atoms with Crippen LogP contribution in [0.15, 0.2) is 103 Å². The molecule has 0 aliphatic rings. The highest BCUT2D eigenvalue weighted by Crippen LogP contribution is 2.40. The summed E-state index contributed by atoms with van der Waals surface area (Å²) in [4.78, 5) is 4.43. The SMILES string of the molecule is CC.CC(=N)c1cnc(C)cc1NC(c1ccccc1)(c1ccccc1)c1ccccc1. The van der Waals surface area contributed by atoms with Crippen LogP contribution in [0.25, 0.3) is 0 Å². The summed E-state index contributed by atoms with van der Waals surface area (Å²) >= 11 is 0. The van der Waals surface area contributed by atoms with E-state index in [1.165, 1.54) is 0 Å². The first-order valence-corrected chi connectivity index (χ1v) is 11.1. The molecule has 0 unspecified atom stereocenters. The van der Waals surface area contributed by atoms with E-state index in [0.717, 1.165) is 33.6 Å². The first kappa shape index (κ1) is 23.0. The van der Waals surface area contributed by atoms with Gasteiger partial charge in [-0.05, 0) is 36.6 Å². The smallest absolute Gasteiger partial charge is 0.114 e. The van der Waals surface area contributed by atoms with Gasteiger partial charge in [0.15, 0.2) is 0 Å². The lowest BCUT2D eigenvalue weighted by molar-refractivity contribution is 0.711. The predicted molar refractivity (Wildman–Crippen MR) is 136 cm³/mol. The number of pyridine rings is 1. The molecule has 2 N–H and O–H groups in total. The van der Waals surface area contributed by atoms with Gasteiger partial charge in [-0.15, -0.1) is 0 Å². The molecule has 162 valence electrons. The molecule has 3 heteroatoms. The number of aryl methyl sites for hydroxylation is 1. The Hall–Kier alpha value is -3.72. The van der Waals surface area contributed by atoms with Crippen molar-refractivity contribution in [1.82, 2.24) is 4.98 Å². The molecule has 1 heterocycles. The van der Waals surface area contributed by atoms with E-state index in [0.29, 0.717) is 5.71 Å². The maximum absolute atomic E-state index is 8.29. The number of hydrogen-bond acceptors (Lipinski definition) is 3. The number of anilines is 1. The topological polar surface area (TPSA) is 48.8 Å². The van der Waals surface area contributed by atoms with E-state index in [-0.39, 0.29) is 0 Å². The van der Waals surface area contributed by atoms with Crippen molar-refractivity contribution in [1.29, 1.82) is 5.41 Å². The molecule has 4 rings (SSSR count). The summed E-state index contributed by atoms with van der Waals surface area (Å²) in [6, 6.07) is 33.4. The molecule has 4 aromatic rings. The van der Waals surface area contributed by atoms with Crippen molar-refractivity contribution in [2.75, 3.05) is 5.32 Å². The number of nitrogens with one attached hydrogen (secondary N) is 2. The summed E-state index contributed by atoms with van der Waals surface area (Å²) in [6.07, 6.45) is 1.78. The first-order chi connectivity index (χ1) is 15.6. The molecule has 0 atom stereocenters. The lowest BCUT2D eigenvalue weighted by Gasteiger charge is -2.38. The Bertz CT molecular complexity index is 1040. The molecule has 0 saturated heterocycles. The van der Waals surface area contributed by atoms with Crippen LogP contribution in [0.4, 0.5) is 5.69 Å². The molecule has 0 fully saturated rings. The van der Waals surface area contributed by atoms with Gasteiger partial charge < -0.3 is 10.7 Å². The highest BCUT2D eigenvalue weighted by Gasteiger charge is 2.36. The van der Waals surface area contributed by atoms with Crippen LogP contribution in [0.3, 0.4) is 0 Å². The van der Waals surface area contributed by atoms with E-state index in [2.05, 4.69) is 83.1 Å². The quantitative estimate of drug-likeness (QED) is 0.255. The molecule has 0 amide bonds. The van der Waals surface area contributed by atoms with Crippen LogP contribution < -0.4 is 5.32 Å². The van der Waals surface area contributed by atoms with Crippen molar-refractivity contribution < 1.29 is 0 Å². The average Bonchev–Trinajstić information content (AvgIpc) is 2.85. The second-order valence-corrected chi connectivity index (χ2v) is 7.47. The van der Waals surface area contributed by atoms with E-state index in [1.807, 2.05) is 45.0 Å². The summed E-state index contributed by atoms with van der Waals surface area (Å²) in [5.74, 6) is 0. The van der Waals surface area contributed by atoms with Crippen molar-refractivity contribution >= 4 is 11.4 Å². The maximum atomic E-state index is 8.29. The fourth-order valence-corrected chi connectivity index (χ4v) is 3.95. The Labute approximate surface area is 191 Å². The van der Waals surface area contributed by atoms with E-state index in [1.54, 1.807) is 13.1 Å². The van der Waals surface area contributed by atoms with Gasteiger partial charge in [-0.25, -0.2) is 0 Å². The molecule has 0 saturated carbocycles. The van der Waals surface area contributed by atoms with Crippen LogP contribution in [0.1, 0.15) is 48.7 Å². The third-order valence-electron chi connectivity index (χ3n) is 5.39. The highest BCUT2D eigenvalue weighted by molar-refractivity contribution is 6.01. The summed E-state index contributed by atoms with van der Waals surface area (Å²) in [5, 5.41) is 12.1. The van der Waals surface area contributed by atoms with Crippen LogP contribution in [0.2, 0.25) is 0 Å². The minimum Gasteiger partial charge on any atom is -0.367 e. The Morgan fingerprint density at radius 2 is 1.16 bits per heavy atom. The molecule has 0 bridgehead atoms. The van der Waals surface area contributed by atoms with E-state index >= 15 is 0 Å². The van der Waals surface area contributed by atoms with E-state index < -0.39 is 5.54 Å². The third kappa shape index (κ3) is 4.62. The molecular formula is C29H31N3. The van der Waals surface area contributed by atoms with Crippen molar-refractivity contribution in [3.8, 4) is 0 Å². The summed E-state index contributed by atoms with van der Waals surface area (Å²) in [7, 11) is 0. The third-order valence-corrected chi connectivity index (χ3v) is 5.39. The predicted octanol–water partition coefficient (Wildman–Crippen LogP) is 7.21. The number of aromatic nitrogens is 1. The van der Waals surface area contributed by atoms with Crippen LogP contribution in [-0.2, 0) is 5.54 Å². The standard InChI is InChI=1S/C27H25N3.C2H6/c1-20-18-26(25(19-29-20)21(2)28)30-27(22-12-6-3-7-13-22,23-14-8-4-9-15-23)24-16-10-5-11-17-24;1-2/h3-19,28H,1-2H3,(H,29,30);1-2H3. The minimum atomic E-state index is -0.623. The van der Waals surface area contributed by atoms with Crippen LogP contribution >= 0.6 is 0 Å². The fourth-order valence-electron chi connectivity index (χ4n) is 3.95. The Morgan fingerprint density at radius 1 is 0.750 bits per heavy atom. The zero-order chi connectivity index (χ0) is 23.0. The monoisotopic (exact) mass is 421 g/mol. The van der Waals surface area contributed by atoms with Gasteiger partial charge in [0.1, 0.15) is 5.54 Å². The highest BCUT2D eigenvalue weighted by atomic mass is 15.0. The molecule has 0 aliphatic heterocycles. The van der Waals surface area contributed by atoms with Gasteiger partial charge in [0.05, 0.1) is 0 Å². The summed E-state index contributed by atoms with van der Waals surface area (Å²) < 4.78 is 0. The van der Waals surface area contributed by atoms with Gasteiger partial charge in [0.2, 0.25) is 0 Å². The molecule has 3 aromatic carbocycles. The van der Waals surface area contributed by atoms with Crippen molar-refractivity contribution in [2.45, 2.75) is 33.2 Å². The second kappa shape index (κ2) is 10.5. The van der Waals surface area contributed by atoms with Crippen molar-refractivity contribution in [2.24, 2.45) is 0 Å². The number of benzene rings is 3. The lowest BCUT2D eigenvalue weighted by Crippen LogP contribution is -2.38. The summed E-state index contributed by atoms with van der Waals surface area (Å²) in [5.41, 5.74) is 5.85. The van der Waals surface area contributed by atoms with Crippen LogP contribution in [0, 0.1) is 12.3 Å². The van der Waals surface area contributed by atoms with E-state index in [4.69, 9.17) is 5.41 Å². The fraction of sp³-hybridized carbons (Fsp3) is 0.172. The molecule has 0 aliphatic carbocycles. The lowest BCUT2D eigenvalue weighted by atomic mass is 9.76. The number of hydrogen-bond donors (Lipinski definition) is 2. The molecule has 32 heavy (non-hydrogen) atoms. The minimum absolute atomic E-state index is 0.480. The summed E-state index contributed by atoms with van der Waals surface area (Å²) in [6.45, 7) is 7.77. The Morgan fingerprint density at radius 3 is 1.53 bits per heavy atom. The Balaban J connectivity index is 0.00000141. The Kier molecular flexibility index (Phi) is 7.56. The largest absolute Gasteiger partial charge is 0.367 e.